The average molecular weight is 297 g/mol. The highest BCUT2D eigenvalue weighted by molar-refractivity contribution is 5.95. The summed E-state index contributed by atoms with van der Waals surface area (Å²) in [5.41, 5.74) is 8.29. The van der Waals surface area contributed by atoms with E-state index in [0.29, 0.717) is 17.9 Å². The lowest BCUT2D eigenvalue weighted by atomic mass is 9.65. The summed E-state index contributed by atoms with van der Waals surface area (Å²) >= 11 is 0. The van der Waals surface area contributed by atoms with Crippen LogP contribution in [0, 0.1) is 17.8 Å². The number of H-pyrrole nitrogens is 1. The summed E-state index contributed by atoms with van der Waals surface area (Å²) in [6.07, 6.45) is 7.49. The first kappa shape index (κ1) is 13.8. The first-order valence-corrected chi connectivity index (χ1v) is 8.34. The van der Waals surface area contributed by atoms with Crippen LogP contribution in [0.3, 0.4) is 0 Å². The van der Waals surface area contributed by atoms with Crippen molar-refractivity contribution in [3.63, 3.8) is 0 Å². The smallest absolute Gasteiger partial charge is 0.227 e. The van der Waals surface area contributed by atoms with Crippen LogP contribution in [0.4, 0.5) is 5.69 Å². The van der Waals surface area contributed by atoms with Gasteiger partial charge in [-0.3, -0.25) is 4.79 Å². The van der Waals surface area contributed by atoms with Gasteiger partial charge in [0.15, 0.2) is 0 Å². The van der Waals surface area contributed by atoms with Gasteiger partial charge in [-0.25, -0.2) is 0 Å². The highest BCUT2D eigenvalue weighted by Crippen LogP contribution is 2.42. The van der Waals surface area contributed by atoms with Gasteiger partial charge < -0.3 is 16.0 Å². The van der Waals surface area contributed by atoms with Crippen molar-refractivity contribution in [1.29, 1.82) is 0 Å². The number of hydrogen-bond acceptors (Lipinski definition) is 2. The van der Waals surface area contributed by atoms with E-state index < -0.39 is 0 Å². The summed E-state index contributed by atoms with van der Waals surface area (Å²) < 4.78 is 0. The van der Waals surface area contributed by atoms with E-state index in [9.17, 15) is 4.79 Å². The van der Waals surface area contributed by atoms with Gasteiger partial charge in [-0.05, 0) is 61.8 Å². The maximum Gasteiger partial charge on any atom is 0.227 e. The minimum absolute atomic E-state index is 0.122. The van der Waals surface area contributed by atoms with Gasteiger partial charge in [-0.1, -0.05) is 6.42 Å². The van der Waals surface area contributed by atoms with Crippen molar-refractivity contribution in [3.8, 4) is 0 Å². The van der Waals surface area contributed by atoms with Crippen LogP contribution in [0.15, 0.2) is 30.5 Å². The molecule has 4 rings (SSSR count). The van der Waals surface area contributed by atoms with Gasteiger partial charge >= 0.3 is 0 Å². The number of aromatic amines is 1. The van der Waals surface area contributed by atoms with Crippen molar-refractivity contribution < 1.29 is 4.79 Å². The van der Waals surface area contributed by atoms with Gasteiger partial charge in [0, 0.05) is 34.7 Å². The Morgan fingerprint density at radius 1 is 1.18 bits per heavy atom. The topological polar surface area (TPSA) is 70.9 Å². The number of carbonyl (C=O) groups is 1. The van der Waals surface area contributed by atoms with Crippen LogP contribution >= 0.6 is 0 Å². The minimum Gasteiger partial charge on any atom is -0.361 e. The summed E-state index contributed by atoms with van der Waals surface area (Å²) in [5, 5.41) is 4.23. The van der Waals surface area contributed by atoms with Gasteiger partial charge in [0.1, 0.15) is 0 Å². The first-order chi connectivity index (χ1) is 10.7. The fraction of sp³-hybridized carbons (Fsp3) is 0.500. The van der Waals surface area contributed by atoms with Crippen LogP contribution < -0.4 is 11.1 Å². The number of carbonyl (C=O) groups excluding carboxylic acids is 1. The SMILES string of the molecule is NC1C2CCCC1CC(C(=O)Nc1ccc3[nH]ccc3c1)C2. The number of anilines is 1. The van der Waals surface area contributed by atoms with Crippen LogP contribution in [0.1, 0.15) is 32.1 Å². The molecule has 2 atom stereocenters. The second-order valence-electron chi connectivity index (χ2n) is 6.97. The van der Waals surface area contributed by atoms with Crippen LogP contribution in [0.25, 0.3) is 10.9 Å². The van der Waals surface area contributed by atoms with Gasteiger partial charge in [0.25, 0.3) is 0 Å². The van der Waals surface area contributed by atoms with Crippen molar-refractivity contribution >= 4 is 22.5 Å². The van der Waals surface area contributed by atoms with Crippen LogP contribution in [-0.4, -0.2) is 16.9 Å². The van der Waals surface area contributed by atoms with Crippen LogP contribution in [0.5, 0.6) is 0 Å². The standard InChI is InChI=1S/C18H23N3O/c19-17-12-2-1-3-13(17)9-14(8-12)18(22)21-15-4-5-16-11(10-15)6-7-20-16/h4-7,10,12-14,17,20H,1-3,8-9,19H2,(H,21,22). The Morgan fingerprint density at radius 2 is 1.95 bits per heavy atom. The summed E-state index contributed by atoms with van der Waals surface area (Å²) in [6, 6.07) is 8.34. The van der Waals surface area contributed by atoms with E-state index in [1.54, 1.807) is 0 Å². The molecule has 1 aromatic heterocycles. The summed E-state index contributed by atoms with van der Waals surface area (Å²) in [5.74, 6) is 1.36. The Balaban J connectivity index is 1.47. The highest BCUT2D eigenvalue weighted by atomic mass is 16.1. The Labute approximate surface area is 130 Å². The van der Waals surface area contributed by atoms with Gasteiger partial charge in [0.05, 0.1) is 0 Å². The van der Waals surface area contributed by atoms with Gasteiger partial charge in [-0.2, -0.15) is 0 Å². The molecule has 2 aliphatic carbocycles. The zero-order valence-electron chi connectivity index (χ0n) is 12.7. The second kappa shape index (κ2) is 5.43. The molecule has 4 N–H and O–H groups in total. The molecule has 0 radical (unpaired) electrons. The molecule has 1 heterocycles. The molecule has 2 fully saturated rings. The molecule has 4 nitrogen and oxygen atoms in total. The molecule has 0 saturated heterocycles. The molecule has 1 aromatic carbocycles. The third kappa shape index (κ3) is 2.41. The molecule has 0 aliphatic heterocycles. The van der Waals surface area contributed by atoms with Crippen molar-refractivity contribution in [3.05, 3.63) is 30.5 Å². The zero-order valence-corrected chi connectivity index (χ0v) is 12.7. The molecule has 22 heavy (non-hydrogen) atoms. The number of rotatable bonds is 2. The number of nitrogens with two attached hydrogens (primary N) is 1. The molecule has 2 unspecified atom stereocenters. The molecule has 4 heteroatoms. The molecule has 2 aliphatic rings. The van der Waals surface area contributed by atoms with Crippen LogP contribution in [0.2, 0.25) is 0 Å². The quantitative estimate of drug-likeness (QED) is 0.796. The largest absolute Gasteiger partial charge is 0.361 e. The fourth-order valence-electron chi connectivity index (χ4n) is 4.38. The maximum atomic E-state index is 12.6. The number of hydrogen-bond donors (Lipinski definition) is 3. The average Bonchev–Trinajstić information content (AvgIpc) is 2.94. The van der Waals surface area contributed by atoms with Crippen molar-refractivity contribution in [1.82, 2.24) is 4.98 Å². The molecular weight excluding hydrogens is 274 g/mol. The minimum atomic E-state index is 0.122. The van der Waals surface area contributed by atoms with Crippen molar-refractivity contribution in [2.45, 2.75) is 38.1 Å². The predicted molar refractivity (Wildman–Crippen MR) is 88.5 cm³/mol. The van der Waals surface area contributed by atoms with E-state index in [0.717, 1.165) is 29.4 Å². The van der Waals surface area contributed by atoms with E-state index >= 15 is 0 Å². The molecule has 116 valence electrons. The molecule has 2 aromatic rings. The Kier molecular flexibility index (Phi) is 3.41. The van der Waals surface area contributed by atoms with Crippen molar-refractivity contribution in [2.75, 3.05) is 5.32 Å². The highest BCUT2D eigenvalue weighted by Gasteiger charge is 2.40. The predicted octanol–water partition coefficient (Wildman–Crippen LogP) is 3.26. The molecule has 0 spiro atoms. The lowest BCUT2D eigenvalue weighted by molar-refractivity contribution is -0.122. The molecule has 1 amide bonds. The number of nitrogens with one attached hydrogen (secondary N) is 2. The molecule has 2 bridgehead atoms. The third-order valence-electron chi connectivity index (χ3n) is 5.60. The van der Waals surface area contributed by atoms with Crippen LogP contribution in [-0.2, 0) is 4.79 Å². The summed E-state index contributed by atoms with van der Waals surface area (Å²) in [4.78, 5) is 15.8. The Bertz CT molecular complexity index is 678. The Morgan fingerprint density at radius 3 is 2.73 bits per heavy atom. The number of benzene rings is 1. The van der Waals surface area contributed by atoms with E-state index in [2.05, 4.69) is 10.3 Å². The normalized spacial score (nSPS) is 31.1. The first-order valence-electron chi connectivity index (χ1n) is 8.34. The maximum absolute atomic E-state index is 12.6. The second-order valence-corrected chi connectivity index (χ2v) is 6.97. The van der Waals surface area contributed by atoms with E-state index in [1.165, 1.54) is 19.3 Å². The number of amides is 1. The lowest BCUT2D eigenvalue weighted by Crippen LogP contribution is -2.48. The molecule has 2 saturated carbocycles. The van der Waals surface area contributed by atoms with E-state index in [1.807, 2.05) is 30.5 Å². The zero-order chi connectivity index (χ0) is 15.1. The van der Waals surface area contributed by atoms with Crippen molar-refractivity contribution in [2.24, 2.45) is 23.5 Å². The van der Waals surface area contributed by atoms with E-state index in [4.69, 9.17) is 5.73 Å². The summed E-state index contributed by atoms with van der Waals surface area (Å²) in [7, 11) is 0. The monoisotopic (exact) mass is 297 g/mol. The van der Waals surface area contributed by atoms with E-state index in [-0.39, 0.29) is 11.8 Å². The third-order valence-corrected chi connectivity index (χ3v) is 5.60. The van der Waals surface area contributed by atoms with Gasteiger partial charge in [0.2, 0.25) is 5.91 Å². The fourth-order valence-corrected chi connectivity index (χ4v) is 4.38. The summed E-state index contributed by atoms with van der Waals surface area (Å²) in [6.45, 7) is 0. The molecular formula is C18H23N3O. The Hall–Kier alpha value is -1.81. The van der Waals surface area contributed by atoms with Gasteiger partial charge in [-0.15, -0.1) is 0 Å². The number of fused-ring (bicyclic) bond motifs is 3. The number of aromatic nitrogens is 1. The lowest BCUT2D eigenvalue weighted by Gasteiger charge is -2.43.